The Bertz CT molecular complexity index is 1370. The summed E-state index contributed by atoms with van der Waals surface area (Å²) in [5, 5.41) is 1.50. The Balaban J connectivity index is 1.53. The monoisotopic (exact) mass is 462 g/mol. The first kappa shape index (κ1) is 21.7. The van der Waals surface area contributed by atoms with Crippen molar-refractivity contribution in [2.45, 2.75) is 24.7 Å². The fourth-order valence-corrected chi connectivity index (χ4v) is 4.70. The minimum absolute atomic E-state index is 0.315. The molecule has 4 aromatic rings. The third kappa shape index (κ3) is 4.02. The lowest BCUT2D eigenvalue weighted by molar-refractivity contribution is 0.186. The largest absolute Gasteiger partial charge is 0.383 e. The molecule has 0 aliphatic carbocycles. The maximum atomic E-state index is 12.8. The summed E-state index contributed by atoms with van der Waals surface area (Å²) in [6.45, 7) is 1.57. The van der Waals surface area contributed by atoms with Crippen molar-refractivity contribution in [3.05, 3.63) is 50.4 Å². The van der Waals surface area contributed by atoms with Crippen LogP contribution in [0.3, 0.4) is 0 Å². The number of aromatic nitrogens is 6. The molecule has 0 unspecified atom stereocenters. The van der Waals surface area contributed by atoms with Gasteiger partial charge in [-0.25, -0.2) is 14.8 Å². The fourth-order valence-electron chi connectivity index (χ4n) is 3.57. The molecule has 31 heavy (non-hydrogen) atoms. The van der Waals surface area contributed by atoms with Crippen LogP contribution < -0.4 is 11.2 Å². The van der Waals surface area contributed by atoms with Crippen molar-refractivity contribution in [2.24, 2.45) is 14.1 Å². The summed E-state index contributed by atoms with van der Waals surface area (Å²) < 4.78 is 11.7. The Morgan fingerprint density at radius 3 is 2.74 bits per heavy atom. The van der Waals surface area contributed by atoms with Crippen LogP contribution in [0.2, 0.25) is 5.02 Å². The molecule has 9 nitrogen and oxygen atoms in total. The van der Waals surface area contributed by atoms with Crippen LogP contribution >= 0.6 is 23.4 Å². The van der Waals surface area contributed by atoms with Crippen LogP contribution in [-0.4, -0.2) is 47.7 Å². The number of aryl methyl sites for hydroxylation is 2. The van der Waals surface area contributed by atoms with Crippen LogP contribution in [0.15, 0.2) is 39.3 Å². The molecule has 3 aromatic heterocycles. The number of halogens is 1. The third-order valence-electron chi connectivity index (χ3n) is 5.15. The first-order chi connectivity index (χ1) is 14.9. The minimum Gasteiger partial charge on any atom is -0.383 e. The smallest absolute Gasteiger partial charge is 0.332 e. The van der Waals surface area contributed by atoms with E-state index in [0.29, 0.717) is 48.1 Å². The highest BCUT2D eigenvalue weighted by atomic mass is 35.5. The van der Waals surface area contributed by atoms with Crippen LogP contribution in [0.4, 0.5) is 0 Å². The molecule has 0 atom stereocenters. The van der Waals surface area contributed by atoms with E-state index in [0.717, 1.165) is 16.2 Å². The molecule has 164 valence electrons. The molecule has 4 rings (SSSR count). The van der Waals surface area contributed by atoms with Gasteiger partial charge in [-0.2, -0.15) is 0 Å². The van der Waals surface area contributed by atoms with Gasteiger partial charge in [-0.15, -0.1) is 0 Å². The Morgan fingerprint density at radius 1 is 1.16 bits per heavy atom. The van der Waals surface area contributed by atoms with E-state index in [1.807, 2.05) is 18.2 Å². The van der Waals surface area contributed by atoms with Gasteiger partial charge >= 0.3 is 5.69 Å². The average Bonchev–Trinajstić information content (AvgIpc) is 3.29. The van der Waals surface area contributed by atoms with E-state index in [1.165, 1.54) is 9.13 Å². The second-order valence-corrected chi connectivity index (χ2v) is 8.70. The maximum Gasteiger partial charge on any atom is 0.332 e. The van der Waals surface area contributed by atoms with Crippen molar-refractivity contribution in [1.82, 2.24) is 28.2 Å². The Hall–Kier alpha value is -2.56. The van der Waals surface area contributed by atoms with E-state index < -0.39 is 0 Å². The highest BCUT2D eigenvalue weighted by Gasteiger charge is 2.15. The first-order valence-electron chi connectivity index (χ1n) is 9.80. The molecule has 0 saturated heterocycles. The predicted octanol–water partition coefficient (Wildman–Crippen LogP) is 2.27. The maximum absolute atomic E-state index is 12.8. The number of methoxy groups -OCH3 is 1. The number of imidazole rings is 2. The topological polar surface area (TPSA) is 88.9 Å². The highest BCUT2D eigenvalue weighted by molar-refractivity contribution is 7.99. The lowest BCUT2D eigenvalue weighted by atomic mass is 10.3. The predicted molar refractivity (Wildman–Crippen MR) is 122 cm³/mol. The van der Waals surface area contributed by atoms with Crippen molar-refractivity contribution >= 4 is 45.6 Å². The van der Waals surface area contributed by atoms with Gasteiger partial charge in [-0.05, 0) is 24.6 Å². The minimum atomic E-state index is -0.358. The summed E-state index contributed by atoms with van der Waals surface area (Å²) in [7, 11) is 5.05. The third-order valence-corrected chi connectivity index (χ3v) is 6.45. The zero-order valence-corrected chi connectivity index (χ0v) is 19.1. The number of nitrogens with zero attached hydrogens (tertiary/aromatic N) is 6. The molecule has 0 bridgehead atoms. The normalized spacial score (nSPS) is 11.7. The Labute approximate surface area is 187 Å². The lowest BCUT2D eigenvalue weighted by Gasteiger charge is -2.10. The van der Waals surface area contributed by atoms with Crippen molar-refractivity contribution < 1.29 is 4.74 Å². The molecule has 0 radical (unpaired) electrons. The van der Waals surface area contributed by atoms with Crippen molar-refractivity contribution in [2.75, 3.05) is 19.5 Å². The number of benzene rings is 1. The number of fused-ring (bicyclic) bond motifs is 2. The molecule has 3 heterocycles. The van der Waals surface area contributed by atoms with Crippen LogP contribution in [-0.2, 0) is 31.9 Å². The molecule has 0 spiro atoms. The van der Waals surface area contributed by atoms with Gasteiger partial charge in [0.15, 0.2) is 16.3 Å². The second kappa shape index (κ2) is 8.89. The summed E-state index contributed by atoms with van der Waals surface area (Å²) in [4.78, 5) is 34.3. The van der Waals surface area contributed by atoms with Crippen LogP contribution in [0.25, 0.3) is 22.2 Å². The first-order valence-corrected chi connectivity index (χ1v) is 11.2. The second-order valence-electron chi connectivity index (χ2n) is 7.20. The Kier molecular flexibility index (Phi) is 6.22. The SMILES string of the molecule is COCCn1c(SCCCn2c(=O)c3c(ncn3C)n(C)c2=O)nc2cc(Cl)ccc21. The summed E-state index contributed by atoms with van der Waals surface area (Å²) in [6, 6.07) is 5.65. The van der Waals surface area contributed by atoms with E-state index in [2.05, 4.69) is 9.55 Å². The molecule has 0 aliphatic rings. The van der Waals surface area contributed by atoms with E-state index >= 15 is 0 Å². The average molecular weight is 463 g/mol. The number of thioether (sulfide) groups is 1. The van der Waals surface area contributed by atoms with E-state index in [9.17, 15) is 9.59 Å². The molecule has 1 aromatic carbocycles. The standard InChI is InChI=1S/C20H23ClN6O3S/c1-24-12-22-17-16(24)18(28)27(20(29)25(17)2)7-4-10-31-19-23-14-11-13(21)5-6-15(14)26(19)8-9-30-3/h5-6,11-12H,4,7-10H2,1-3H3. The summed E-state index contributed by atoms with van der Waals surface area (Å²) >= 11 is 7.70. The molecule has 0 amide bonds. The van der Waals surface area contributed by atoms with Gasteiger partial charge in [-0.1, -0.05) is 23.4 Å². The molecular formula is C20H23ClN6O3S. The number of ether oxygens (including phenoxy) is 1. The van der Waals surface area contributed by atoms with E-state index in [1.54, 1.807) is 43.9 Å². The molecular weight excluding hydrogens is 440 g/mol. The molecule has 0 fully saturated rings. The summed E-state index contributed by atoms with van der Waals surface area (Å²) in [6.07, 6.45) is 2.18. The van der Waals surface area contributed by atoms with Gasteiger partial charge in [0, 0.05) is 45.1 Å². The van der Waals surface area contributed by atoms with Crippen LogP contribution in [0.5, 0.6) is 0 Å². The quantitative estimate of drug-likeness (QED) is 0.295. The summed E-state index contributed by atoms with van der Waals surface area (Å²) in [5.41, 5.74) is 1.98. The molecule has 11 heteroatoms. The van der Waals surface area contributed by atoms with Crippen molar-refractivity contribution in [3.8, 4) is 0 Å². The molecule has 0 aliphatic heterocycles. The van der Waals surface area contributed by atoms with Crippen molar-refractivity contribution in [3.63, 3.8) is 0 Å². The van der Waals surface area contributed by atoms with E-state index in [4.69, 9.17) is 21.3 Å². The van der Waals surface area contributed by atoms with Gasteiger partial charge in [0.2, 0.25) is 0 Å². The van der Waals surface area contributed by atoms with Gasteiger partial charge in [0.25, 0.3) is 5.56 Å². The number of rotatable bonds is 8. The molecule has 0 saturated carbocycles. The van der Waals surface area contributed by atoms with Crippen LogP contribution in [0, 0.1) is 0 Å². The zero-order valence-electron chi connectivity index (χ0n) is 17.5. The number of hydrogen-bond donors (Lipinski definition) is 0. The van der Waals surface area contributed by atoms with Gasteiger partial charge in [0.05, 0.1) is 24.0 Å². The fraction of sp³-hybridized carbons (Fsp3) is 0.400. The highest BCUT2D eigenvalue weighted by Crippen LogP contribution is 2.26. The van der Waals surface area contributed by atoms with Gasteiger partial charge in [-0.3, -0.25) is 13.9 Å². The summed E-state index contributed by atoms with van der Waals surface area (Å²) in [5.74, 6) is 0.697. The zero-order chi connectivity index (χ0) is 22.1. The van der Waals surface area contributed by atoms with Gasteiger partial charge < -0.3 is 13.9 Å². The van der Waals surface area contributed by atoms with E-state index in [-0.39, 0.29) is 11.2 Å². The van der Waals surface area contributed by atoms with Gasteiger partial charge in [0.1, 0.15) is 0 Å². The Morgan fingerprint density at radius 2 is 1.97 bits per heavy atom. The lowest BCUT2D eigenvalue weighted by Crippen LogP contribution is -2.39. The van der Waals surface area contributed by atoms with Crippen LogP contribution in [0.1, 0.15) is 6.42 Å². The molecule has 0 N–H and O–H groups in total. The number of hydrogen-bond acceptors (Lipinski definition) is 6. The van der Waals surface area contributed by atoms with Crippen molar-refractivity contribution in [1.29, 1.82) is 0 Å².